The van der Waals surface area contributed by atoms with Crippen LogP contribution in [0.2, 0.25) is 0 Å². The fourth-order valence-corrected chi connectivity index (χ4v) is 2.41. The molecule has 1 aliphatic carbocycles. The minimum atomic E-state index is 0.531. The molecule has 4 heteroatoms. The van der Waals surface area contributed by atoms with Crippen LogP contribution in [0.3, 0.4) is 0 Å². The Balaban J connectivity index is 2.23. The zero-order chi connectivity index (χ0) is 11.7. The lowest BCUT2D eigenvalue weighted by Gasteiger charge is -2.27. The van der Waals surface area contributed by atoms with Gasteiger partial charge in [0, 0.05) is 35.9 Å². The van der Waals surface area contributed by atoms with Crippen molar-refractivity contribution >= 4 is 21.7 Å². The van der Waals surface area contributed by atoms with Crippen LogP contribution in [0, 0.1) is 5.92 Å². The summed E-state index contributed by atoms with van der Waals surface area (Å²) in [5.41, 5.74) is 6.86. The number of hydrogen-bond acceptors (Lipinski definition) is 3. The van der Waals surface area contributed by atoms with Crippen molar-refractivity contribution in [2.24, 2.45) is 11.7 Å². The highest BCUT2D eigenvalue weighted by Gasteiger charge is 2.31. The first-order valence-electron chi connectivity index (χ1n) is 5.70. The van der Waals surface area contributed by atoms with E-state index in [0.29, 0.717) is 12.6 Å². The molecule has 2 rings (SSSR count). The molecule has 3 nitrogen and oxygen atoms in total. The average Bonchev–Trinajstić information content (AvgIpc) is 3.10. The van der Waals surface area contributed by atoms with Crippen molar-refractivity contribution in [2.75, 3.05) is 11.9 Å². The van der Waals surface area contributed by atoms with E-state index < -0.39 is 0 Å². The van der Waals surface area contributed by atoms with E-state index in [-0.39, 0.29) is 0 Å². The van der Waals surface area contributed by atoms with Gasteiger partial charge in [-0.3, -0.25) is 0 Å². The molecule has 0 amide bonds. The molecule has 88 valence electrons. The van der Waals surface area contributed by atoms with Crippen molar-refractivity contribution in [1.29, 1.82) is 0 Å². The summed E-state index contributed by atoms with van der Waals surface area (Å²) in [6.07, 6.45) is 4.53. The van der Waals surface area contributed by atoms with Gasteiger partial charge in [-0.15, -0.1) is 0 Å². The molecule has 16 heavy (non-hydrogen) atoms. The fourth-order valence-electron chi connectivity index (χ4n) is 2.03. The van der Waals surface area contributed by atoms with Crippen molar-refractivity contribution in [1.82, 2.24) is 4.98 Å². The Labute approximate surface area is 105 Å². The Morgan fingerprint density at radius 3 is 2.88 bits per heavy atom. The Morgan fingerprint density at radius 2 is 2.31 bits per heavy atom. The molecule has 1 saturated carbocycles. The molecule has 0 saturated heterocycles. The minimum Gasteiger partial charge on any atom is -0.356 e. The van der Waals surface area contributed by atoms with Gasteiger partial charge in [0.05, 0.1) is 0 Å². The minimum absolute atomic E-state index is 0.531. The maximum Gasteiger partial charge on any atom is 0.133 e. The first-order chi connectivity index (χ1) is 7.63. The number of nitrogens with zero attached hydrogens (tertiary/aromatic N) is 2. The fraction of sp³-hybridized carbons (Fsp3) is 0.583. The van der Waals surface area contributed by atoms with Gasteiger partial charge in [0.2, 0.25) is 0 Å². The smallest absolute Gasteiger partial charge is 0.133 e. The highest BCUT2D eigenvalue weighted by molar-refractivity contribution is 9.10. The van der Waals surface area contributed by atoms with E-state index in [1.54, 1.807) is 0 Å². The quantitative estimate of drug-likeness (QED) is 0.924. The third-order valence-electron chi connectivity index (χ3n) is 3.38. The number of halogens is 1. The van der Waals surface area contributed by atoms with Gasteiger partial charge in [-0.2, -0.15) is 0 Å². The molecule has 0 bridgehead atoms. The van der Waals surface area contributed by atoms with Gasteiger partial charge in [0.15, 0.2) is 0 Å². The van der Waals surface area contributed by atoms with Crippen molar-refractivity contribution in [2.45, 2.75) is 32.4 Å². The number of hydrogen-bond donors (Lipinski definition) is 1. The van der Waals surface area contributed by atoms with Crippen molar-refractivity contribution < 1.29 is 0 Å². The van der Waals surface area contributed by atoms with Crippen LogP contribution in [0.4, 0.5) is 5.82 Å². The molecule has 1 unspecified atom stereocenters. The summed E-state index contributed by atoms with van der Waals surface area (Å²) in [6, 6.07) is 2.61. The molecule has 0 aliphatic heterocycles. The van der Waals surface area contributed by atoms with Crippen LogP contribution < -0.4 is 10.6 Å². The first-order valence-corrected chi connectivity index (χ1v) is 6.50. The van der Waals surface area contributed by atoms with Gasteiger partial charge in [0.1, 0.15) is 5.82 Å². The second-order valence-electron chi connectivity index (χ2n) is 4.53. The molecule has 1 heterocycles. The van der Waals surface area contributed by atoms with Crippen LogP contribution in [0.5, 0.6) is 0 Å². The first kappa shape index (κ1) is 11.9. The summed E-state index contributed by atoms with van der Waals surface area (Å²) >= 11 is 3.43. The third-order valence-corrected chi connectivity index (χ3v) is 3.81. The number of aromatic nitrogens is 1. The summed E-state index contributed by atoms with van der Waals surface area (Å²) in [5, 5.41) is 0. The van der Waals surface area contributed by atoms with E-state index in [1.165, 1.54) is 12.8 Å². The number of rotatable bonds is 4. The van der Waals surface area contributed by atoms with E-state index in [1.807, 2.05) is 6.20 Å². The SMILES string of the molecule is CC(C1CC1)N(C)c1ncc(Br)cc1CN. The van der Waals surface area contributed by atoms with E-state index in [0.717, 1.165) is 21.8 Å². The summed E-state index contributed by atoms with van der Waals surface area (Å²) in [5.74, 6) is 1.85. The van der Waals surface area contributed by atoms with E-state index in [4.69, 9.17) is 5.73 Å². The molecular formula is C12H18BrN3. The zero-order valence-electron chi connectivity index (χ0n) is 9.78. The Morgan fingerprint density at radius 1 is 1.62 bits per heavy atom. The van der Waals surface area contributed by atoms with E-state index in [2.05, 4.69) is 45.9 Å². The summed E-state index contributed by atoms with van der Waals surface area (Å²) in [4.78, 5) is 6.74. The highest BCUT2D eigenvalue weighted by atomic mass is 79.9. The highest BCUT2D eigenvalue weighted by Crippen LogP contribution is 2.36. The van der Waals surface area contributed by atoms with Crippen LogP contribution in [0.1, 0.15) is 25.3 Å². The molecule has 0 spiro atoms. The molecule has 0 radical (unpaired) electrons. The normalized spacial score (nSPS) is 17.2. The predicted octanol–water partition coefficient (Wildman–Crippen LogP) is 2.54. The molecule has 2 N–H and O–H groups in total. The topological polar surface area (TPSA) is 42.2 Å². The summed E-state index contributed by atoms with van der Waals surface area (Å²) in [7, 11) is 2.11. The Kier molecular flexibility index (Phi) is 3.50. The second-order valence-corrected chi connectivity index (χ2v) is 5.45. The average molecular weight is 284 g/mol. The maximum absolute atomic E-state index is 5.76. The van der Waals surface area contributed by atoms with Gasteiger partial charge in [-0.1, -0.05) is 0 Å². The molecule has 1 aromatic rings. The van der Waals surface area contributed by atoms with Crippen LogP contribution in [-0.4, -0.2) is 18.1 Å². The predicted molar refractivity (Wildman–Crippen MR) is 70.4 cm³/mol. The molecule has 1 fully saturated rings. The Bertz CT molecular complexity index is 377. The van der Waals surface area contributed by atoms with E-state index >= 15 is 0 Å². The van der Waals surface area contributed by atoms with Crippen LogP contribution in [-0.2, 0) is 6.54 Å². The van der Waals surface area contributed by atoms with Crippen molar-refractivity contribution in [3.8, 4) is 0 Å². The summed E-state index contributed by atoms with van der Waals surface area (Å²) in [6.45, 7) is 2.80. The lowest BCUT2D eigenvalue weighted by atomic mass is 10.1. The molecule has 1 aromatic heterocycles. The second kappa shape index (κ2) is 4.72. The van der Waals surface area contributed by atoms with Gasteiger partial charge in [-0.05, 0) is 47.7 Å². The molecular weight excluding hydrogens is 266 g/mol. The number of pyridine rings is 1. The third kappa shape index (κ3) is 2.38. The monoisotopic (exact) mass is 283 g/mol. The Hall–Kier alpha value is -0.610. The number of anilines is 1. The van der Waals surface area contributed by atoms with Crippen LogP contribution >= 0.6 is 15.9 Å². The summed E-state index contributed by atoms with van der Waals surface area (Å²) < 4.78 is 0.990. The number of nitrogens with two attached hydrogens (primary N) is 1. The largest absolute Gasteiger partial charge is 0.356 e. The molecule has 0 aromatic carbocycles. The van der Waals surface area contributed by atoms with Gasteiger partial charge in [0.25, 0.3) is 0 Å². The zero-order valence-corrected chi connectivity index (χ0v) is 11.4. The van der Waals surface area contributed by atoms with Crippen LogP contribution in [0.25, 0.3) is 0 Å². The lowest BCUT2D eigenvalue weighted by molar-refractivity contribution is 0.601. The molecule has 1 atom stereocenters. The van der Waals surface area contributed by atoms with E-state index in [9.17, 15) is 0 Å². The van der Waals surface area contributed by atoms with Gasteiger partial charge < -0.3 is 10.6 Å². The molecule has 1 aliphatic rings. The van der Waals surface area contributed by atoms with Gasteiger partial charge >= 0.3 is 0 Å². The van der Waals surface area contributed by atoms with Crippen molar-refractivity contribution in [3.05, 3.63) is 22.3 Å². The standard InChI is InChI=1S/C12H18BrN3/c1-8(9-3-4-9)16(2)12-10(6-14)5-11(13)7-15-12/h5,7-9H,3-4,6,14H2,1-2H3. The maximum atomic E-state index is 5.76. The van der Waals surface area contributed by atoms with Gasteiger partial charge in [-0.25, -0.2) is 4.98 Å². The van der Waals surface area contributed by atoms with Crippen LogP contribution in [0.15, 0.2) is 16.7 Å². The lowest BCUT2D eigenvalue weighted by Crippen LogP contribution is -2.32. The van der Waals surface area contributed by atoms with Crippen molar-refractivity contribution in [3.63, 3.8) is 0 Å².